The van der Waals surface area contributed by atoms with E-state index in [1.807, 2.05) is 73.8 Å². The SMILES string of the molecule is CC1=CC(OCc2ccccc2)(c2cccnc2)NC(OCc2ccccc2)=C1Br. The van der Waals surface area contributed by atoms with Crippen LogP contribution in [0.5, 0.6) is 0 Å². The maximum absolute atomic E-state index is 6.48. The maximum Gasteiger partial charge on any atom is 0.204 e. The van der Waals surface area contributed by atoms with Gasteiger partial charge in [0, 0.05) is 18.0 Å². The van der Waals surface area contributed by atoms with E-state index in [4.69, 9.17) is 9.47 Å². The third kappa shape index (κ3) is 4.64. The summed E-state index contributed by atoms with van der Waals surface area (Å²) in [6.07, 6.45) is 5.63. The van der Waals surface area contributed by atoms with Crippen molar-refractivity contribution in [2.45, 2.75) is 25.9 Å². The van der Waals surface area contributed by atoms with Crippen molar-refractivity contribution < 1.29 is 9.47 Å². The normalized spacial score (nSPS) is 18.5. The second-order valence-corrected chi connectivity index (χ2v) is 7.91. The minimum atomic E-state index is -0.891. The molecule has 0 radical (unpaired) electrons. The Morgan fingerprint density at radius 2 is 1.57 bits per heavy atom. The van der Waals surface area contributed by atoms with Gasteiger partial charge in [-0.2, -0.15) is 0 Å². The lowest BCUT2D eigenvalue weighted by molar-refractivity contribution is -0.0587. The van der Waals surface area contributed by atoms with E-state index in [0.29, 0.717) is 19.1 Å². The summed E-state index contributed by atoms with van der Waals surface area (Å²) in [5.41, 5.74) is 3.22. The van der Waals surface area contributed by atoms with Crippen LogP contribution in [0.2, 0.25) is 0 Å². The van der Waals surface area contributed by atoms with Crippen molar-refractivity contribution in [2.75, 3.05) is 0 Å². The third-order valence-electron chi connectivity index (χ3n) is 4.89. The number of rotatable bonds is 7. The molecule has 1 aliphatic rings. The molecule has 2 heterocycles. The van der Waals surface area contributed by atoms with Gasteiger partial charge >= 0.3 is 0 Å². The van der Waals surface area contributed by atoms with Crippen molar-refractivity contribution >= 4 is 15.9 Å². The van der Waals surface area contributed by atoms with Crippen molar-refractivity contribution in [1.82, 2.24) is 10.3 Å². The van der Waals surface area contributed by atoms with Crippen molar-refractivity contribution in [2.24, 2.45) is 0 Å². The molecular weight excluding hydrogens is 440 g/mol. The van der Waals surface area contributed by atoms with Gasteiger partial charge in [-0.25, -0.2) is 0 Å². The molecule has 4 rings (SSSR count). The van der Waals surface area contributed by atoms with E-state index in [2.05, 4.69) is 44.4 Å². The minimum absolute atomic E-state index is 0.441. The Morgan fingerprint density at radius 3 is 2.20 bits per heavy atom. The molecule has 0 saturated carbocycles. The van der Waals surface area contributed by atoms with Gasteiger partial charge in [-0.05, 0) is 51.7 Å². The van der Waals surface area contributed by atoms with E-state index in [9.17, 15) is 0 Å². The fourth-order valence-corrected chi connectivity index (χ4v) is 3.63. The van der Waals surface area contributed by atoms with E-state index < -0.39 is 5.72 Å². The summed E-state index contributed by atoms with van der Waals surface area (Å²) in [7, 11) is 0. The number of hydrogen-bond donors (Lipinski definition) is 1. The van der Waals surface area contributed by atoms with Crippen molar-refractivity contribution in [3.8, 4) is 0 Å². The zero-order chi connectivity index (χ0) is 20.8. The van der Waals surface area contributed by atoms with Gasteiger partial charge in [0.1, 0.15) is 6.61 Å². The van der Waals surface area contributed by atoms with Crippen LogP contribution in [-0.2, 0) is 28.4 Å². The molecule has 1 aromatic heterocycles. The summed E-state index contributed by atoms with van der Waals surface area (Å²) in [4.78, 5) is 4.30. The van der Waals surface area contributed by atoms with Crippen LogP contribution >= 0.6 is 15.9 Å². The summed E-state index contributed by atoms with van der Waals surface area (Å²) in [5, 5.41) is 3.48. The highest BCUT2D eigenvalue weighted by atomic mass is 79.9. The van der Waals surface area contributed by atoms with Gasteiger partial charge < -0.3 is 14.8 Å². The Kier molecular flexibility index (Phi) is 6.31. The molecule has 30 heavy (non-hydrogen) atoms. The van der Waals surface area contributed by atoms with Crippen molar-refractivity contribution in [1.29, 1.82) is 0 Å². The quantitative estimate of drug-likeness (QED) is 0.483. The number of halogens is 1. The first-order chi connectivity index (χ1) is 14.7. The van der Waals surface area contributed by atoms with Gasteiger partial charge in [0.25, 0.3) is 0 Å². The van der Waals surface area contributed by atoms with E-state index in [1.165, 1.54) is 0 Å². The molecule has 0 spiro atoms. The molecule has 1 atom stereocenters. The molecule has 5 heteroatoms. The molecule has 152 valence electrons. The number of hydrogen-bond acceptors (Lipinski definition) is 4. The Labute approximate surface area is 185 Å². The topological polar surface area (TPSA) is 43.4 Å². The first-order valence-electron chi connectivity index (χ1n) is 9.79. The number of ether oxygens (including phenoxy) is 2. The number of allylic oxidation sites excluding steroid dienone is 2. The monoisotopic (exact) mass is 462 g/mol. The van der Waals surface area contributed by atoms with Crippen LogP contribution in [0.25, 0.3) is 0 Å². The number of aromatic nitrogens is 1. The second kappa shape index (κ2) is 9.28. The first kappa shape index (κ1) is 20.4. The lowest BCUT2D eigenvalue weighted by atomic mass is 9.98. The average molecular weight is 463 g/mol. The number of nitrogens with one attached hydrogen (secondary N) is 1. The van der Waals surface area contributed by atoms with Crippen LogP contribution in [0.15, 0.2) is 107 Å². The molecule has 0 saturated heterocycles. The molecule has 4 nitrogen and oxygen atoms in total. The van der Waals surface area contributed by atoms with Crippen LogP contribution < -0.4 is 5.32 Å². The van der Waals surface area contributed by atoms with Gasteiger partial charge in [0.05, 0.1) is 11.1 Å². The average Bonchev–Trinajstić information content (AvgIpc) is 2.81. The van der Waals surface area contributed by atoms with E-state index >= 15 is 0 Å². The van der Waals surface area contributed by atoms with E-state index in [0.717, 1.165) is 26.7 Å². The standard InChI is InChI=1S/C25H23BrN2O2/c1-19-15-25(22-13-8-14-27-16-22,30-18-21-11-6-3-7-12-21)28-24(23(19)26)29-17-20-9-4-2-5-10-20/h2-16,28H,17-18H2,1H3. The van der Waals surface area contributed by atoms with Gasteiger partial charge in [-0.1, -0.05) is 66.7 Å². The highest BCUT2D eigenvalue weighted by molar-refractivity contribution is 9.12. The molecule has 0 aliphatic carbocycles. The van der Waals surface area contributed by atoms with Gasteiger partial charge in [-0.3, -0.25) is 4.98 Å². The summed E-state index contributed by atoms with van der Waals surface area (Å²) in [5.74, 6) is 0.635. The predicted octanol–water partition coefficient (Wildman–Crippen LogP) is 5.78. The zero-order valence-electron chi connectivity index (χ0n) is 16.7. The molecule has 1 unspecified atom stereocenters. The zero-order valence-corrected chi connectivity index (χ0v) is 18.3. The molecule has 0 bridgehead atoms. The Hall–Kier alpha value is -2.89. The van der Waals surface area contributed by atoms with Crippen LogP contribution in [-0.4, -0.2) is 4.98 Å². The smallest absolute Gasteiger partial charge is 0.204 e. The summed E-state index contributed by atoms with van der Waals surface area (Å²) < 4.78 is 13.5. The summed E-state index contributed by atoms with van der Waals surface area (Å²) >= 11 is 3.67. The number of dihydropyridines is 1. The van der Waals surface area contributed by atoms with Crippen LogP contribution in [0, 0.1) is 0 Å². The molecule has 3 aromatic rings. The summed E-state index contributed by atoms with van der Waals surface area (Å²) in [6.45, 7) is 2.93. The van der Waals surface area contributed by atoms with E-state index in [1.54, 1.807) is 6.20 Å². The molecule has 0 amide bonds. The lowest BCUT2D eigenvalue weighted by Crippen LogP contribution is -2.45. The molecule has 1 N–H and O–H groups in total. The van der Waals surface area contributed by atoms with Crippen molar-refractivity contribution in [3.63, 3.8) is 0 Å². The van der Waals surface area contributed by atoms with Gasteiger partial charge in [0.2, 0.25) is 5.88 Å². The Balaban J connectivity index is 1.62. The van der Waals surface area contributed by atoms with E-state index in [-0.39, 0.29) is 0 Å². The number of benzene rings is 2. The maximum atomic E-state index is 6.48. The number of pyridine rings is 1. The highest BCUT2D eigenvalue weighted by Crippen LogP contribution is 2.37. The molecular formula is C25H23BrN2O2. The van der Waals surface area contributed by atoms with Crippen LogP contribution in [0.4, 0.5) is 0 Å². The largest absolute Gasteiger partial charge is 0.473 e. The molecule has 2 aromatic carbocycles. The lowest BCUT2D eigenvalue weighted by Gasteiger charge is -2.37. The fraction of sp³-hybridized carbons (Fsp3) is 0.160. The minimum Gasteiger partial charge on any atom is -0.473 e. The summed E-state index contributed by atoms with van der Waals surface area (Å²) in [6, 6.07) is 24.1. The second-order valence-electron chi connectivity index (χ2n) is 7.12. The Bertz CT molecular complexity index is 1040. The van der Waals surface area contributed by atoms with Gasteiger partial charge in [-0.15, -0.1) is 0 Å². The predicted molar refractivity (Wildman–Crippen MR) is 121 cm³/mol. The third-order valence-corrected chi connectivity index (χ3v) is 5.88. The van der Waals surface area contributed by atoms with Crippen molar-refractivity contribution in [3.05, 3.63) is 124 Å². The molecule has 1 aliphatic heterocycles. The highest BCUT2D eigenvalue weighted by Gasteiger charge is 2.37. The number of nitrogens with zero attached hydrogens (tertiary/aromatic N) is 1. The first-order valence-corrected chi connectivity index (χ1v) is 10.6. The van der Waals surface area contributed by atoms with Crippen LogP contribution in [0.3, 0.4) is 0 Å². The Morgan fingerprint density at radius 1 is 0.900 bits per heavy atom. The van der Waals surface area contributed by atoms with Gasteiger partial charge in [0.15, 0.2) is 5.72 Å². The van der Waals surface area contributed by atoms with Crippen LogP contribution in [0.1, 0.15) is 23.6 Å². The fourth-order valence-electron chi connectivity index (χ4n) is 3.31. The molecule has 0 fully saturated rings.